The van der Waals surface area contributed by atoms with Gasteiger partial charge in [0.1, 0.15) is 5.56 Å². The van der Waals surface area contributed by atoms with Crippen molar-refractivity contribution in [3.63, 3.8) is 0 Å². The standard InChI is InChI=1S/C26H26F2N2O4/c1-3-33-25(32)21-13-30(17-5-6-17)22-20(23(21)31)9-8-19(24(22)34-26(27)28)15-4-7-18-14(2)29-11-10-16(18)12-15/h4,7-9,12-14,17,26,29H,3,5-6,10-11H2,1-2H3. The van der Waals surface area contributed by atoms with Gasteiger partial charge in [-0.2, -0.15) is 8.78 Å². The fourth-order valence-corrected chi connectivity index (χ4v) is 4.79. The van der Waals surface area contributed by atoms with Crippen molar-refractivity contribution < 1.29 is 23.0 Å². The molecule has 0 bridgehead atoms. The number of halogens is 2. The van der Waals surface area contributed by atoms with Gasteiger partial charge in [-0.15, -0.1) is 0 Å². The van der Waals surface area contributed by atoms with Crippen LogP contribution in [-0.4, -0.2) is 30.3 Å². The topological polar surface area (TPSA) is 69.6 Å². The van der Waals surface area contributed by atoms with Gasteiger partial charge in [-0.05, 0) is 68.5 Å². The molecule has 2 aromatic carbocycles. The SMILES string of the molecule is CCOC(=O)c1cn(C2CC2)c2c(OC(F)F)c(-c3ccc4c(c3)CCNC4C)ccc2c1=O. The Bertz CT molecular complexity index is 1330. The Morgan fingerprint density at radius 2 is 2.03 bits per heavy atom. The lowest BCUT2D eigenvalue weighted by Crippen LogP contribution is -2.27. The van der Waals surface area contributed by atoms with Crippen LogP contribution in [0.3, 0.4) is 0 Å². The van der Waals surface area contributed by atoms with Gasteiger partial charge in [-0.3, -0.25) is 4.79 Å². The summed E-state index contributed by atoms with van der Waals surface area (Å²) in [6.45, 7) is 1.65. The van der Waals surface area contributed by atoms with Crippen LogP contribution in [0, 0.1) is 0 Å². The van der Waals surface area contributed by atoms with Crippen LogP contribution in [0.15, 0.2) is 41.3 Å². The first kappa shape index (κ1) is 22.5. The second-order valence-corrected chi connectivity index (χ2v) is 8.79. The summed E-state index contributed by atoms with van der Waals surface area (Å²) >= 11 is 0. The van der Waals surface area contributed by atoms with E-state index < -0.39 is 18.0 Å². The van der Waals surface area contributed by atoms with E-state index in [4.69, 9.17) is 9.47 Å². The molecule has 0 amide bonds. The summed E-state index contributed by atoms with van der Waals surface area (Å²) in [4.78, 5) is 25.6. The monoisotopic (exact) mass is 468 g/mol. The van der Waals surface area contributed by atoms with Crippen molar-refractivity contribution in [1.82, 2.24) is 9.88 Å². The summed E-state index contributed by atoms with van der Waals surface area (Å²) in [6.07, 6.45) is 3.91. The Labute approximate surface area is 195 Å². The highest BCUT2D eigenvalue weighted by Crippen LogP contribution is 2.43. The van der Waals surface area contributed by atoms with Crippen molar-refractivity contribution in [2.24, 2.45) is 0 Å². The maximum atomic E-state index is 13.6. The second kappa shape index (κ2) is 8.83. The summed E-state index contributed by atoms with van der Waals surface area (Å²) in [6, 6.07) is 9.36. The minimum absolute atomic E-state index is 0.00186. The van der Waals surface area contributed by atoms with Gasteiger partial charge in [0.05, 0.1) is 17.5 Å². The predicted octanol–water partition coefficient (Wildman–Crippen LogP) is 4.99. The second-order valence-electron chi connectivity index (χ2n) is 8.79. The number of aromatic nitrogens is 1. The van der Waals surface area contributed by atoms with Crippen molar-refractivity contribution in [3.05, 3.63) is 63.4 Å². The van der Waals surface area contributed by atoms with E-state index in [2.05, 4.69) is 12.2 Å². The molecule has 1 aromatic heterocycles. The summed E-state index contributed by atoms with van der Waals surface area (Å²) in [7, 11) is 0. The van der Waals surface area contributed by atoms with Crippen molar-refractivity contribution in [1.29, 1.82) is 0 Å². The lowest BCUT2D eigenvalue weighted by molar-refractivity contribution is -0.0486. The largest absolute Gasteiger partial charge is 0.462 e. The van der Waals surface area contributed by atoms with Crippen LogP contribution < -0.4 is 15.5 Å². The van der Waals surface area contributed by atoms with Crippen LogP contribution >= 0.6 is 0 Å². The number of esters is 1. The van der Waals surface area contributed by atoms with Crippen LogP contribution in [0.2, 0.25) is 0 Å². The maximum absolute atomic E-state index is 13.6. The van der Waals surface area contributed by atoms with Crippen molar-refractivity contribution in [2.45, 2.75) is 51.8 Å². The number of carbonyl (C=O) groups excluding carboxylic acids is 1. The molecule has 1 unspecified atom stereocenters. The Kier molecular flexibility index (Phi) is 5.85. The minimum atomic E-state index is -3.07. The molecule has 178 valence electrons. The lowest BCUT2D eigenvalue weighted by Gasteiger charge is -2.25. The molecule has 1 aliphatic carbocycles. The molecule has 5 rings (SSSR count). The number of rotatable bonds is 6. The number of hydrogen-bond donors (Lipinski definition) is 1. The smallest absolute Gasteiger partial charge is 0.387 e. The Morgan fingerprint density at radius 1 is 1.24 bits per heavy atom. The van der Waals surface area contributed by atoms with Crippen molar-refractivity contribution >= 4 is 16.9 Å². The average Bonchev–Trinajstić information content (AvgIpc) is 3.65. The molecule has 0 spiro atoms. The number of hydrogen-bond acceptors (Lipinski definition) is 5. The summed E-state index contributed by atoms with van der Waals surface area (Å²) < 4.78 is 39.1. The quantitative estimate of drug-likeness (QED) is 0.517. The maximum Gasteiger partial charge on any atom is 0.387 e. The third-order valence-electron chi connectivity index (χ3n) is 6.56. The number of ether oxygens (including phenoxy) is 2. The summed E-state index contributed by atoms with van der Waals surface area (Å²) in [5, 5.41) is 3.58. The van der Waals surface area contributed by atoms with Crippen LogP contribution in [0.4, 0.5) is 8.78 Å². The molecule has 3 aromatic rings. The van der Waals surface area contributed by atoms with E-state index in [0.717, 1.165) is 36.9 Å². The number of nitrogens with one attached hydrogen (secondary N) is 1. The average molecular weight is 469 g/mol. The van der Waals surface area contributed by atoms with Gasteiger partial charge in [-0.25, -0.2) is 4.79 Å². The first-order valence-corrected chi connectivity index (χ1v) is 11.6. The zero-order chi connectivity index (χ0) is 24.0. The van der Waals surface area contributed by atoms with Gasteiger partial charge in [0, 0.05) is 23.8 Å². The zero-order valence-electron chi connectivity index (χ0n) is 19.1. The molecule has 1 fully saturated rings. The number of fused-ring (bicyclic) bond motifs is 2. The molecular formula is C26H26F2N2O4. The third kappa shape index (κ3) is 3.96. The number of nitrogens with zero attached hydrogens (tertiary/aromatic N) is 1. The number of benzene rings is 2. The highest BCUT2D eigenvalue weighted by atomic mass is 19.3. The van der Waals surface area contributed by atoms with Gasteiger partial charge >= 0.3 is 12.6 Å². The molecule has 34 heavy (non-hydrogen) atoms. The van der Waals surface area contributed by atoms with Crippen LogP contribution in [0.25, 0.3) is 22.0 Å². The normalized spacial score (nSPS) is 17.6. The van der Waals surface area contributed by atoms with Crippen molar-refractivity contribution in [3.8, 4) is 16.9 Å². The van der Waals surface area contributed by atoms with Crippen LogP contribution in [0.5, 0.6) is 5.75 Å². The fourth-order valence-electron chi connectivity index (χ4n) is 4.79. The highest BCUT2D eigenvalue weighted by molar-refractivity contribution is 5.98. The van der Waals surface area contributed by atoms with Gasteiger partial charge in [0.2, 0.25) is 5.43 Å². The third-order valence-corrected chi connectivity index (χ3v) is 6.56. The first-order valence-electron chi connectivity index (χ1n) is 11.6. The molecule has 2 heterocycles. The Balaban J connectivity index is 1.76. The van der Waals surface area contributed by atoms with E-state index in [1.165, 1.54) is 11.8 Å². The lowest BCUT2D eigenvalue weighted by atomic mass is 9.91. The van der Waals surface area contributed by atoms with Gasteiger partial charge < -0.3 is 19.4 Å². The van der Waals surface area contributed by atoms with E-state index in [1.807, 2.05) is 18.2 Å². The summed E-state index contributed by atoms with van der Waals surface area (Å²) in [5.41, 5.74) is 3.19. The van der Waals surface area contributed by atoms with Crippen LogP contribution in [-0.2, 0) is 11.2 Å². The number of alkyl halides is 2. The Hall–Kier alpha value is -3.26. The van der Waals surface area contributed by atoms with Gasteiger partial charge in [0.25, 0.3) is 0 Å². The van der Waals surface area contributed by atoms with E-state index >= 15 is 0 Å². The zero-order valence-corrected chi connectivity index (χ0v) is 19.1. The number of carbonyl (C=O) groups is 1. The van der Waals surface area contributed by atoms with Crippen molar-refractivity contribution in [2.75, 3.05) is 13.2 Å². The van der Waals surface area contributed by atoms with E-state index in [9.17, 15) is 18.4 Å². The molecule has 6 nitrogen and oxygen atoms in total. The Morgan fingerprint density at radius 3 is 2.74 bits per heavy atom. The molecule has 1 N–H and O–H groups in total. The van der Waals surface area contributed by atoms with E-state index in [-0.39, 0.29) is 40.9 Å². The first-order chi connectivity index (χ1) is 16.4. The minimum Gasteiger partial charge on any atom is -0.462 e. The summed E-state index contributed by atoms with van der Waals surface area (Å²) in [5.74, 6) is -0.768. The molecular weight excluding hydrogens is 442 g/mol. The van der Waals surface area contributed by atoms with Crippen LogP contribution in [0.1, 0.15) is 60.3 Å². The molecule has 0 radical (unpaired) electrons. The molecule has 2 aliphatic rings. The van der Waals surface area contributed by atoms with E-state index in [1.54, 1.807) is 23.6 Å². The van der Waals surface area contributed by atoms with E-state index in [0.29, 0.717) is 5.56 Å². The molecule has 0 saturated heterocycles. The highest BCUT2D eigenvalue weighted by Gasteiger charge is 2.30. The molecule has 1 aliphatic heterocycles. The number of pyridine rings is 1. The predicted molar refractivity (Wildman–Crippen MR) is 125 cm³/mol. The molecule has 1 atom stereocenters. The van der Waals surface area contributed by atoms with Gasteiger partial charge in [0.15, 0.2) is 5.75 Å². The molecule has 1 saturated carbocycles. The van der Waals surface area contributed by atoms with Gasteiger partial charge in [-0.1, -0.05) is 18.2 Å². The molecule has 8 heteroatoms. The fraction of sp³-hybridized carbons (Fsp3) is 0.385.